The first-order valence-corrected chi connectivity index (χ1v) is 3.56. The van der Waals surface area contributed by atoms with Gasteiger partial charge in [-0.1, -0.05) is 5.92 Å². The Morgan fingerprint density at radius 3 is 3.08 bits per heavy atom. The lowest BCUT2D eigenvalue weighted by molar-refractivity contribution is 1.17. The summed E-state index contributed by atoms with van der Waals surface area (Å²) in [5.74, 6) is 2.45. The van der Waals surface area contributed by atoms with Gasteiger partial charge in [0.2, 0.25) is 5.95 Å². The van der Waals surface area contributed by atoms with E-state index in [1.165, 1.54) is 0 Å². The van der Waals surface area contributed by atoms with Gasteiger partial charge in [-0.2, -0.15) is 4.98 Å². The van der Waals surface area contributed by atoms with E-state index in [0.29, 0.717) is 16.6 Å². The molecule has 0 atom stereocenters. The van der Waals surface area contributed by atoms with Crippen LogP contribution in [0.15, 0.2) is 11.0 Å². The SMILES string of the molecule is C#Cc1c[nH]c2nc(N)[nH]c(=O)c12. The van der Waals surface area contributed by atoms with E-state index >= 15 is 0 Å². The third kappa shape index (κ3) is 0.964. The smallest absolute Gasteiger partial charge is 0.263 e. The summed E-state index contributed by atoms with van der Waals surface area (Å²) < 4.78 is 0. The van der Waals surface area contributed by atoms with Crippen LogP contribution in [0.2, 0.25) is 0 Å². The number of hydrogen-bond donors (Lipinski definition) is 3. The van der Waals surface area contributed by atoms with E-state index in [-0.39, 0.29) is 11.5 Å². The molecule has 64 valence electrons. The van der Waals surface area contributed by atoms with Crippen molar-refractivity contribution in [3.63, 3.8) is 0 Å². The van der Waals surface area contributed by atoms with E-state index < -0.39 is 0 Å². The Morgan fingerprint density at radius 2 is 2.38 bits per heavy atom. The van der Waals surface area contributed by atoms with Gasteiger partial charge in [-0.3, -0.25) is 9.78 Å². The molecule has 0 amide bonds. The van der Waals surface area contributed by atoms with Crippen LogP contribution in [0.3, 0.4) is 0 Å². The number of aromatic amines is 2. The van der Waals surface area contributed by atoms with Crippen LogP contribution in [0, 0.1) is 12.3 Å². The molecular formula is C8H6N4O. The number of aromatic nitrogens is 3. The Bertz CT molecular complexity index is 558. The standard InChI is InChI=1S/C8H6N4O/c1-2-4-3-10-6-5(4)7(13)12-8(9)11-6/h1,3H,(H4,9,10,11,12,13). The average Bonchev–Trinajstić information content (AvgIpc) is 2.47. The number of nitrogens with one attached hydrogen (secondary N) is 2. The molecule has 0 bridgehead atoms. The average molecular weight is 174 g/mol. The van der Waals surface area contributed by atoms with Crippen molar-refractivity contribution in [3.05, 3.63) is 22.1 Å². The maximum absolute atomic E-state index is 11.3. The molecule has 4 N–H and O–H groups in total. The minimum Gasteiger partial charge on any atom is -0.369 e. The molecule has 0 unspecified atom stereocenters. The van der Waals surface area contributed by atoms with Gasteiger partial charge in [0.05, 0.1) is 10.9 Å². The summed E-state index contributed by atoms with van der Waals surface area (Å²) >= 11 is 0. The summed E-state index contributed by atoms with van der Waals surface area (Å²) in [6.45, 7) is 0. The van der Waals surface area contributed by atoms with E-state index in [1.54, 1.807) is 6.20 Å². The van der Waals surface area contributed by atoms with Crippen molar-refractivity contribution in [1.82, 2.24) is 15.0 Å². The first kappa shape index (κ1) is 7.43. The van der Waals surface area contributed by atoms with Crippen molar-refractivity contribution in [2.24, 2.45) is 0 Å². The van der Waals surface area contributed by atoms with Gasteiger partial charge in [0, 0.05) is 6.20 Å². The van der Waals surface area contributed by atoms with Crippen molar-refractivity contribution in [2.75, 3.05) is 5.73 Å². The number of anilines is 1. The zero-order valence-electron chi connectivity index (χ0n) is 6.59. The van der Waals surface area contributed by atoms with Gasteiger partial charge in [-0.15, -0.1) is 6.42 Å². The zero-order chi connectivity index (χ0) is 9.42. The Hall–Kier alpha value is -2.22. The fourth-order valence-electron chi connectivity index (χ4n) is 1.17. The number of fused-ring (bicyclic) bond motifs is 1. The van der Waals surface area contributed by atoms with E-state index in [9.17, 15) is 4.79 Å². The second kappa shape index (κ2) is 2.38. The van der Waals surface area contributed by atoms with Crippen molar-refractivity contribution < 1.29 is 0 Å². The first-order chi connectivity index (χ1) is 6.22. The van der Waals surface area contributed by atoms with E-state index in [1.807, 2.05) is 0 Å². The van der Waals surface area contributed by atoms with E-state index in [0.717, 1.165) is 0 Å². The van der Waals surface area contributed by atoms with Gasteiger partial charge in [0.25, 0.3) is 5.56 Å². The molecule has 2 rings (SSSR count). The van der Waals surface area contributed by atoms with Crippen LogP contribution in [0.4, 0.5) is 5.95 Å². The van der Waals surface area contributed by atoms with Gasteiger partial charge in [0.1, 0.15) is 5.65 Å². The predicted molar refractivity (Wildman–Crippen MR) is 49.1 cm³/mol. The van der Waals surface area contributed by atoms with Crippen LogP contribution >= 0.6 is 0 Å². The highest BCUT2D eigenvalue weighted by Crippen LogP contribution is 2.10. The fourth-order valence-corrected chi connectivity index (χ4v) is 1.17. The fraction of sp³-hybridized carbons (Fsp3) is 0. The van der Waals surface area contributed by atoms with Crippen molar-refractivity contribution in [1.29, 1.82) is 0 Å². The number of terminal acetylenes is 1. The van der Waals surface area contributed by atoms with E-state index in [2.05, 4.69) is 20.9 Å². The quantitative estimate of drug-likeness (QED) is 0.484. The molecule has 0 saturated carbocycles. The molecular weight excluding hydrogens is 168 g/mol. The molecule has 0 spiro atoms. The number of nitrogens with two attached hydrogens (primary N) is 1. The third-order valence-corrected chi connectivity index (χ3v) is 1.72. The topological polar surface area (TPSA) is 87.6 Å². The van der Waals surface area contributed by atoms with Crippen LogP contribution in [-0.4, -0.2) is 15.0 Å². The highest BCUT2D eigenvalue weighted by Gasteiger charge is 2.07. The second-order valence-corrected chi connectivity index (χ2v) is 2.52. The normalized spacial score (nSPS) is 10.1. The van der Waals surface area contributed by atoms with Crippen LogP contribution in [0.25, 0.3) is 11.0 Å². The lowest BCUT2D eigenvalue weighted by atomic mass is 10.2. The van der Waals surface area contributed by atoms with Crippen LogP contribution in [0.1, 0.15) is 5.56 Å². The number of nitrogens with zero attached hydrogens (tertiary/aromatic N) is 1. The molecule has 2 aromatic heterocycles. The zero-order valence-corrected chi connectivity index (χ0v) is 6.59. The second-order valence-electron chi connectivity index (χ2n) is 2.52. The van der Waals surface area contributed by atoms with Crippen molar-refractivity contribution >= 4 is 17.0 Å². The molecule has 0 fully saturated rings. The number of rotatable bonds is 0. The third-order valence-electron chi connectivity index (χ3n) is 1.72. The molecule has 0 aliphatic carbocycles. The van der Waals surface area contributed by atoms with Gasteiger partial charge in [-0.05, 0) is 0 Å². The summed E-state index contributed by atoms with van der Waals surface area (Å²) in [5, 5.41) is 0.372. The van der Waals surface area contributed by atoms with Gasteiger partial charge >= 0.3 is 0 Å². The molecule has 13 heavy (non-hydrogen) atoms. The molecule has 0 saturated heterocycles. The Morgan fingerprint density at radius 1 is 1.62 bits per heavy atom. The molecule has 0 radical (unpaired) electrons. The van der Waals surface area contributed by atoms with Gasteiger partial charge in [0.15, 0.2) is 0 Å². The van der Waals surface area contributed by atoms with Crippen molar-refractivity contribution in [3.8, 4) is 12.3 Å². The van der Waals surface area contributed by atoms with Crippen LogP contribution in [0.5, 0.6) is 0 Å². The lowest BCUT2D eigenvalue weighted by Crippen LogP contribution is -2.10. The number of hydrogen-bond acceptors (Lipinski definition) is 3. The summed E-state index contributed by atoms with van der Waals surface area (Å²) in [6.07, 6.45) is 6.73. The number of H-pyrrole nitrogens is 2. The Balaban J connectivity index is 3.01. The van der Waals surface area contributed by atoms with Gasteiger partial charge in [-0.25, -0.2) is 0 Å². The lowest BCUT2D eigenvalue weighted by Gasteiger charge is -1.91. The van der Waals surface area contributed by atoms with Gasteiger partial charge < -0.3 is 10.7 Å². The number of nitrogen functional groups attached to an aromatic ring is 1. The minimum atomic E-state index is -0.322. The highest BCUT2D eigenvalue weighted by atomic mass is 16.1. The summed E-state index contributed by atoms with van der Waals surface area (Å²) in [7, 11) is 0. The molecule has 2 heterocycles. The van der Waals surface area contributed by atoms with Crippen molar-refractivity contribution in [2.45, 2.75) is 0 Å². The molecule has 5 nitrogen and oxygen atoms in total. The van der Waals surface area contributed by atoms with E-state index in [4.69, 9.17) is 12.2 Å². The highest BCUT2D eigenvalue weighted by molar-refractivity contribution is 5.82. The maximum Gasteiger partial charge on any atom is 0.263 e. The Labute approximate surface area is 73.0 Å². The maximum atomic E-state index is 11.3. The summed E-state index contributed by atoms with van der Waals surface area (Å²) in [5.41, 5.74) is 5.92. The molecule has 2 aromatic rings. The first-order valence-electron chi connectivity index (χ1n) is 3.56. The van der Waals surface area contributed by atoms with Crippen LogP contribution < -0.4 is 11.3 Å². The summed E-state index contributed by atoms with van der Waals surface area (Å²) in [4.78, 5) is 20.4. The predicted octanol–water partition coefficient (Wildman–Crippen LogP) is -0.185. The molecule has 5 heteroatoms. The van der Waals surface area contributed by atoms with Crippen LogP contribution in [-0.2, 0) is 0 Å². The molecule has 0 aliphatic heterocycles. The Kier molecular flexibility index (Phi) is 1.36. The minimum absolute atomic E-state index is 0.0721. The molecule has 0 aliphatic rings. The largest absolute Gasteiger partial charge is 0.369 e. The summed E-state index contributed by atoms with van der Waals surface area (Å²) in [6, 6.07) is 0. The molecule has 0 aromatic carbocycles. The monoisotopic (exact) mass is 174 g/mol.